The van der Waals surface area contributed by atoms with Gasteiger partial charge in [-0.2, -0.15) is 0 Å². The molecule has 88 valence electrons. The highest BCUT2D eigenvalue weighted by atomic mass is 35.5. The van der Waals surface area contributed by atoms with Crippen LogP contribution in [-0.4, -0.2) is 19.6 Å². The maximum absolute atomic E-state index is 11.6. The molecule has 0 saturated carbocycles. The second kappa shape index (κ2) is 6.51. The molecule has 1 aromatic rings. The summed E-state index contributed by atoms with van der Waals surface area (Å²) in [5.41, 5.74) is 0.865. The van der Waals surface area contributed by atoms with Crippen LogP contribution < -0.4 is 5.32 Å². The molecular weight excluding hydrogens is 226 g/mol. The number of benzene rings is 1. The Morgan fingerprint density at radius 1 is 1.44 bits per heavy atom. The fourth-order valence-corrected chi connectivity index (χ4v) is 1.53. The highest BCUT2D eigenvalue weighted by Gasteiger charge is 2.19. The van der Waals surface area contributed by atoms with Gasteiger partial charge in [0, 0.05) is 5.02 Å². The molecule has 1 aromatic carbocycles. The lowest BCUT2D eigenvalue weighted by molar-refractivity contribution is -0.143. The third kappa shape index (κ3) is 3.51. The monoisotopic (exact) mass is 241 g/mol. The predicted octanol–water partition coefficient (Wildman–Crippen LogP) is 2.55. The number of esters is 1. The van der Waals surface area contributed by atoms with Gasteiger partial charge in [0.15, 0.2) is 0 Å². The van der Waals surface area contributed by atoms with Crippen LogP contribution in [-0.2, 0) is 9.53 Å². The maximum Gasteiger partial charge on any atom is 0.327 e. The molecule has 0 saturated heterocycles. The molecular formula is C12H16ClNO2. The first-order valence-electron chi connectivity index (χ1n) is 5.25. The van der Waals surface area contributed by atoms with Crippen molar-refractivity contribution in [1.29, 1.82) is 0 Å². The largest absolute Gasteiger partial charge is 0.468 e. The zero-order valence-corrected chi connectivity index (χ0v) is 10.3. The molecule has 1 atom stereocenters. The predicted molar refractivity (Wildman–Crippen MR) is 64.5 cm³/mol. The number of hydrogen-bond acceptors (Lipinski definition) is 3. The number of methoxy groups -OCH3 is 1. The SMILES string of the molecule is CCCNC(C(=O)OC)c1ccc(Cl)cc1. The van der Waals surface area contributed by atoms with Gasteiger partial charge in [0.1, 0.15) is 6.04 Å². The second-order valence-electron chi connectivity index (χ2n) is 3.46. The van der Waals surface area contributed by atoms with E-state index in [2.05, 4.69) is 5.32 Å². The molecule has 0 aliphatic heterocycles. The zero-order valence-electron chi connectivity index (χ0n) is 9.50. The van der Waals surface area contributed by atoms with E-state index < -0.39 is 6.04 Å². The summed E-state index contributed by atoms with van der Waals surface area (Å²) < 4.78 is 4.76. The van der Waals surface area contributed by atoms with Gasteiger partial charge in [-0.1, -0.05) is 30.7 Å². The van der Waals surface area contributed by atoms with Gasteiger partial charge in [-0.25, -0.2) is 4.79 Å². The van der Waals surface area contributed by atoms with Crippen molar-refractivity contribution in [2.24, 2.45) is 0 Å². The van der Waals surface area contributed by atoms with E-state index in [1.807, 2.05) is 19.1 Å². The van der Waals surface area contributed by atoms with E-state index in [1.54, 1.807) is 12.1 Å². The fraction of sp³-hybridized carbons (Fsp3) is 0.417. The minimum atomic E-state index is -0.415. The van der Waals surface area contributed by atoms with Gasteiger partial charge >= 0.3 is 5.97 Å². The molecule has 1 N–H and O–H groups in total. The zero-order chi connectivity index (χ0) is 12.0. The first-order valence-corrected chi connectivity index (χ1v) is 5.63. The Balaban J connectivity index is 2.82. The van der Waals surface area contributed by atoms with E-state index in [0.29, 0.717) is 5.02 Å². The topological polar surface area (TPSA) is 38.3 Å². The number of carbonyl (C=O) groups is 1. The molecule has 0 bridgehead atoms. The van der Waals surface area contributed by atoms with Crippen molar-refractivity contribution >= 4 is 17.6 Å². The summed E-state index contributed by atoms with van der Waals surface area (Å²) in [5.74, 6) is -0.282. The van der Waals surface area contributed by atoms with Crippen molar-refractivity contribution in [3.63, 3.8) is 0 Å². The van der Waals surface area contributed by atoms with Crippen LogP contribution in [0.3, 0.4) is 0 Å². The second-order valence-corrected chi connectivity index (χ2v) is 3.90. The Bertz CT molecular complexity index is 337. The molecule has 0 aliphatic rings. The van der Waals surface area contributed by atoms with E-state index in [4.69, 9.17) is 16.3 Å². The number of nitrogens with one attached hydrogen (secondary N) is 1. The summed E-state index contributed by atoms with van der Waals surface area (Å²) in [6.07, 6.45) is 0.959. The Morgan fingerprint density at radius 2 is 2.06 bits per heavy atom. The first-order chi connectivity index (χ1) is 7.69. The quantitative estimate of drug-likeness (QED) is 0.806. The normalized spacial score (nSPS) is 12.2. The summed E-state index contributed by atoms with van der Waals surface area (Å²) in [4.78, 5) is 11.6. The Hall–Kier alpha value is -1.06. The molecule has 16 heavy (non-hydrogen) atoms. The average molecular weight is 242 g/mol. The van der Waals surface area contributed by atoms with Crippen molar-refractivity contribution < 1.29 is 9.53 Å². The fourth-order valence-electron chi connectivity index (χ4n) is 1.40. The van der Waals surface area contributed by atoms with Gasteiger partial charge in [0.05, 0.1) is 7.11 Å². The van der Waals surface area contributed by atoms with Crippen molar-refractivity contribution in [1.82, 2.24) is 5.32 Å². The molecule has 3 nitrogen and oxygen atoms in total. The van der Waals surface area contributed by atoms with Gasteiger partial charge in [-0.15, -0.1) is 0 Å². The van der Waals surface area contributed by atoms with Crippen LogP contribution in [0.4, 0.5) is 0 Å². The molecule has 0 fully saturated rings. The number of ether oxygens (including phenoxy) is 1. The highest BCUT2D eigenvalue weighted by molar-refractivity contribution is 6.30. The summed E-state index contributed by atoms with van der Waals surface area (Å²) in [7, 11) is 1.39. The van der Waals surface area contributed by atoms with Gasteiger partial charge < -0.3 is 10.1 Å². The molecule has 0 radical (unpaired) electrons. The van der Waals surface area contributed by atoms with Crippen LogP contribution in [0.2, 0.25) is 5.02 Å². The van der Waals surface area contributed by atoms with E-state index in [9.17, 15) is 4.79 Å². The van der Waals surface area contributed by atoms with Crippen LogP contribution >= 0.6 is 11.6 Å². The van der Waals surface area contributed by atoms with Gasteiger partial charge in [-0.05, 0) is 30.7 Å². The van der Waals surface area contributed by atoms with Gasteiger partial charge in [-0.3, -0.25) is 0 Å². The van der Waals surface area contributed by atoms with Crippen molar-refractivity contribution in [3.05, 3.63) is 34.9 Å². The van der Waals surface area contributed by atoms with E-state index >= 15 is 0 Å². The van der Waals surface area contributed by atoms with Crippen molar-refractivity contribution in [2.75, 3.05) is 13.7 Å². The molecule has 0 heterocycles. The molecule has 1 rings (SSSR count). The molecule has 0 aliphatic carbocycles. The summed E-state index contributed by atoms with van der Waals surface area (Å²) in [5, 5.41) is 3.79. The minimum absolute atomic E-state index is 0.282. The minimum Gasteiger partial charge on any atom is -0.468 e. The van der Waals surface area contributed by atoms with E-state index in [-0.39, 0.29) is 5.97 Å². The number of carbonyl (C=O) groups excluding carboxylic acids is 1. The molecule has 1 unspecified atom stereocenters. The lowest BCUT2D eigenvalue weighted by atomic mass is 10.1. The maximum atomic E-state index is 11.6. The van der Waals surface area contributed by atoms with Crippen LogP contribution in [0.1, 0.15) is 24.9 Å². The molecule has 0 amide bonds. The summed E-state index contributed by atoms with van der Waals surface area (Å²) >= 11 is 5.80. The first kappa shape index (κ1) is 13.0. The Labute approximate surface area is 101 Å². The van der Waals surface area contributed by atoms with Crippen LogP contribution in [0.5, 0.6) is 0 Å². The smallest absolute Gasteiger partial charge is 0.327 e. The summed E-state index contributed by atoms with van der Waals surface area (Å²) in [6, 6.07) is 6.77. The Morgan fingerprint density at radius 3 is 2.56 bits per heavy atom. The molecule has 4 heteroatoms. The number of hydrogen-bond donors (Lipinski definition) is 1. The lowest BCUT2D eigenvalue weighted by Crippen LogP contribution is -2.30. The highest BCUT2D eigenvalue weighted by Crippen LogP contribution is 2.17. The number of halogens is 1. The lowest BCUT2D eigenvalue weighted by Gasteiger charge is -2.16. The summed E-state index contributed by atoms with van der Waals surface area (Å²) in [6.45, 7) is 2.81. The van der Waals surface area contributed by atoms with Crippen LogP contribution in [0, 0.1) is 0 Å². The standard InChI is InChI=1S/C12H16ClNO2/c1-3-8-14-11(12(15)16-2)9-4-6-10(13)7-5-9/h4-7,11,14H,3,8H2,1-2H3. The third-order valence-corrected chi connectivity index (χ3v) is 2.49. The molecule has 0 aromatic heterocycles. The van der Waals surface area contributed by atoms with Crippen LogP contribution in [0.15, 0.2) is 24.3 Å². The Kier molecular flexibility index (Phi) is 5.29. The van der Waals surface area contributed by atoms with Gasteiger partial charge in [0.25, 0.3) is 0 Å². The van der Waals surface area contributed by atoms with Crippen molar-refractivity contribution in [3.8, 4) is 0 Å². The van der Waals surface area contributed by atoms with E-state index in [0.717, 1.165) is 18.5 Å². The average Bonchev–Trinajstić information content (AvgIpc) is 2.31. The number of rotatable bonds is 5. The van der Waals surface area contributed by atoms with E-state index in [1.165, 1.54) is 7.11 Å². The van der Waals surface area contributed by atoms with Gasteiger partial charge in [0.2, 0.25) is 0 Å². The third-order valence-electron chi connectivity index (χ3n) is 2.24. The van der Waals surface area contributed by atoms with Crippen molar-refractivity contribution in [2.45, 2.75) is 19.4 Å². The molecule has 0 spiro atoms. The van der Waals surface area contributed by atoms with Crippen LogP contribution in [0.25, 0.3) is 0 Å².